The van der Waals surface area contributed by atoms with Gasteiger partial charge in [0, 0.05) is 10.8 Å². The highest BCUT2D eigenvalue weighted by molar-refractivity contribution is 6.61. The number of hydrogen-bond donors (Lipinski definition) is 4. The van der Waals surface area contributed by atoms with Gasteiger partial charge in [0.15, 0.2) is 11.5 Å². The Morgan fingerprint density at radius 3 is 1.56 bits per heavy atom. The van der Waals surface area contributed by atoms with Crippen LogP contribution in [0.3, 0.4) is 0 Å². The molecule has 2 aromatic rings. The van der Waals surface area contributed by atoms with E-state index in [1.807, 2.05) is 15.7 Å². The van der Waals surface area contributed by atoms with Gasteiger partial charge in [-0.1, -0.05) is 10.9 Å². The lowest BCUT2D eigenvalue weighted by molar-refractivity contribution is 0.351. The van der Waals surface area contributed by atoms with Crippen LogP contribution in [0.15, 0.2) is 0 Å². The second-order valence-corrected chi connectivity index (χ2v) is 4.64. The van der Waals surface area contributed by atoms with Crippen LogP contribution < -0.4 is 16.4 Å². The van der Waals surface area contributed by atoms with E-state index in [4.69, 9.17) is 0 Å². The van der Waals surface area contributed by atoms with Crippen molar-refractivity contribution in [2.75, 3.05) is 0 Å². The first-order valence-electron chi connectivity index (χ1n) is 5.64. The van der Waals surface area contributed by atoms with Gasteiger partial charge >= 0.3 is 0 Å². The maximum Gasteiger partial charge on any atom is 0.204 e. The first-order valence-corrected chi connectivity index (χ1v) is 5.64. The zero-order chi connectivity index (χ0) is 13.8. The molecular weight excluding hydrogens is 229 g/mol. The fraction of sp³-hybridized carbons (Fsp3) is 0.0909. The van der Waals surface area contributed by atoms with Crippen LogP contribution in [0.5, 0.6) is 23.0 Å². The van der Waals surface area contributed by atoms with Crippen molar-refractivity contribution in [1.82, 2.24) is 0 Å². The molecule has 2 aromatic carbocycles. The predicted molar refractivity (Wildman–Crippen MR) is 79.9 cm³/mol. The summed E-state index contributed by atoms with van der Waals surface area (Å²) in [7, 11) is 5.63. The zero-order valence-corrected chi connectivity index (χ0v) is 10.8. The molecule has 0 aliphatic heterocycles. The Hall–Kier alpha value is -1.91. The maximum atomic E-state index is 9.96. The Morgan fingerprint density at radius 2 is 1.06 bits per heavy atom. The van der Waals surface area contributed by atoms with Crippen LogP contribution in [0, 0.1) is 6.92 Å². The van der Waals surface area contributed by atoms with Crippen molar-refractivity contribution in [2.45, 2.75) is 6.92 Å². The minimum absolute atomic E-state index is 0.378. The van der Waals surface area contributed by atoms with Crippen molar-refractivity contribution in [3.63, 3.8) is 0 Å². The maximum absolute atomic E-state index is 9.96. The van der Waals surface area contributed by atoms with Crippen LogP contribution in [-0.2, 0) is 0 Å². The van der Waals surface area contributed by atoms with Crippen molar-refractivity contribution < 1.29 is 20.4 Å². The molecule has 0 bridgehead atoms. The molecule has 90 valence electrons. The van der Waals surface area contributed by atoms with Crippen molar-refractivity contribution in [3.8, 4) is 23.0 Å². The topological polar surface area (TPSA) is 80.9 Å². The van der Waals surface area contributed by atoms with Crippen LogP contribution in [0.1, 0.15) is 5.56 Å². The lowest BCUT2D eigenvalue weighted by atomic mass is 9.68. The molecule has 7 heteroatoms. The monoisotopic (exact) mass is 242 g/mol. The van der Waals surface area contributed by atoms with Crippen molar-refractivity contribution in [3.05, 3.63) is 5.56 Å². The lowest BCUT2D eigenvalue weighted by Gasteiger charge is -2.18. The predicted octanol–water partition coefficient (Wildman–Crippen LogP) is -3.25. The van der Waals surface area contributed by atoms with Crippen molar-refractivity contribution in [1.29, 1.82) is 0 Å². The summed E-state index contributed by atoms with van der Waals surface area (Å²) < 4.78 is 0. The third-order valence-corrected chi connectivity index (χ3v) is 3.83. The van der Waals surface area contributed by atoms with Gasteiger partial charge in [-0.25, -0.2) is 0 Å². The number of aryl methyl sites for hydroxylation is 1. The smallest absolute Gasteiger partial charge is 0.204 e. The summed E-state index contributed by atoms with van der Waals surface area (Å²) >= 11 is 0. The number of phenols is 4. The first-order chi connectivity index (χ1) is 8.29. The second kappa shape index (κ2) is 3.80. The Labute approximate surface area is 107 Å². The third-order valence-electron chi connectivity index (χ3n) is 3.83. The van der Waals surface area contributed by atoms with Crippen LogP contribution in [0.4, 0.5) is 0 Å². The van der Waals surface area contributed by atoms with E-state index in [-0.39, 0.29) is 0 Å². The highest BCUT2D eigenvalue weighted by Crippen LogP contribution is 2.48. The minimum Gasteiger partial charge on any atom is -0.504 e. The van der Waals surface area contributed by atoms with Gasteiger partial charge in [0.2, 0.25) is 11.5 Å². The van der Waals surface area contributed by atoms with Gasteiger partial charge in [-0.3, -0.25) is 0 Å². The minimum atomic E-state index is -0.689. The van der Waals surface area contributed by atoms with E-state index < -0.39 is 23.0 Å². The molecular formula is C11H13B3O4. The average Bonchev–Trinajstić information content (AvgIpc) is 2.35. The molecule has 0 fully saturated rings. The van der Waals surface area contributed by atoms with Gasteiger partial charge in [-0.05, 0) is 12.5 Å². The molecule has 0 spiro atoms. The highest BCUT2D eigenvalue weighted by atomic mass is 16.3. The van der Waals surface area contributed by atoms with Gasteiger partial charge in [-0.2, -0.15) is 0 Å². The number of hydrogen-bond acceptors (Lipinski definition) is 4. The van der Waals surface area contributed by atoms with E-state index in [1.165, 1.54) is 0 Å². The van der Waals surface area contributed by atoms with E-state index >= 15 is 0 Å². The van der Waals surface area contributed by atoms with E-state index in [9.17, 15) is 20.4 Å². The van der Waals surface area contributed by atoms with E-state index in [0.29, 0.717) is 10.8 Å². The average molecular weight is 242 g/mol. The Balaban J connectivity index is 3.22. The number of phenolic OH excluding ortho intramolecular Hbond substituents is 4. The van der Waals surface area contributed by atoms with Crippen LogP contribution >= 0.6 is 0 Å². The van der Waals surface area contributed by atoms with Crippen LogP contribution in [-0.4, -0.2) is 44.0 Å². The largest absolute Gasteiger partial charge is 0.504 e. The molecule has 0 aliphatic carbocycles. The molecule has 2 rings (SSSR count). The summed E-state index contributed by atoms with van der Waals surface area (Å²) in [6.07, 6.45) is 0. The first kappa shape index (κ1) is 12.5. The summed E-state index contributed by atoms with van der Waals surface area (Å²) in [4.78, 5) is 0. The van der Waals surface area contributed by atoms with Crippen molar-refractivity contribution in [2.24, 2.45) is 0 Å². The summed E-state index contributed by atoms with van der Waals surface area (Å²) in [6.45, 7) is 1.81. The van der Waals surface area contributed by atoms with E-state index in [1.54, 1.807) is 14.8 Å². The van der Waals surface area contributed by atoms with E-state index in [2.05, 4.69) is 0 Å². The lowest BCUT2D eigenvalue weighted by Crippen LogP contribution is -2.40. The molecule has 0 radical (unpaired) electrons. The van der Waals surface area contributed by atoms with Gasteiger partial charge < -0.3 is 20.4 Å². The van der Waals surface area contributed by atoms with Crippen LogP contribution in [0.25, 0.3) is 10.8 Å². The molecule has 4 N–H and O–H groups in total. The molecule has 4 nitrogen and oxygen atoms in total. The highest BCUT2D eigenvalue weighted by Gasteiger charge is 2.22. The normalized spacial score (nSPS) is 10.9. The second-order valence-electron chi connectivity index (χ2n) is 4.64. The molecule has 18 heavy (non-hydrogen) atoms. The fourth-order valence-electron chi connectivity index (χ4n) is 2.37. The molecule has 0 heterocycles. The SMILES string of the molecule is Bc1c(B)c(C)c2c(O)c(O)c(O)c(O)c2c1B. The van der Waals surface area contributed by atoms with Gasteiger partial charge in [0.1, 0.15) is 23.5 Å². The van der Waals surface area contributed by atoms with Gasteiger partial charge in [-0.15, -0.1) is 5.46 Å². The zero-order valence-electron chi connectivity index (χ0n) is 10.8. The number of rotatable bonds is 0. The van der Waals surface area contributed by atoms with Crippen molar-refractivity contribution >= 4 is 50.7 Å². The summed E-state index contributed by atoms with van der Waals surface area (Å²) in [6, 6.07) is 0. The van der Waals surface area contributed by atoms with Crippen LogP contribution in [0.2, 0.25) is 0 Å². The van der Waals surface area contributed by atoms with E-state index in [0.717, 1.165) is 22.0 Å². The van der Waals surface area contributed by atoms with Gasteiger partial charge in [0.25, 0.3) is 0 Å². The quantitative estimate of drug-likeness (QED) is 0.222. The summed E-state index contributed by atoms with van der Waals surface area (Å²) in [5.74, 6) is -2.18. The summed E-state index contributed by atoms with van der Waals surface area (Å²) in [5.41, 5.74) is 3.52. The Bertz CT molecular complexity index is 569. The molecule has 0 saturated heterocycles. The standard InChI is InChI=1S/C11H13B3O4/c1-2-3-4(6(13)7(14)5(2)12)9(16)11(18)10(17)8(3)15/h15-18H,12-14H2,1H3. The Morgan fingerprint density at radius 1 is 0.611 bits per heavy atom. The number of aromatic hydroxyl groups is 4. The molecule has 0 amide bonds. The molecule has 0 saturated carbocycles. The molecule has 0 unspecified atom stereocenters. The molecule has 0 aliphatic rings. The van der Waals surface area contributed by atoms with Gasteiger partial charge in [0.05, 0.1) is 0 Å². The number of fused-ring (bicyclic) bond motifs is 1. The number of benzene rings is 2. The third kappa shape index (κ3) is 1.36. The Kier molecular flexibility index (Phi) is 2.65. The molecule has 0 aromatic heterocycles. The summed E-state index contributed by atoms with van der Waals surface area (Å²) in [5, 5.41) is 39.9. The fourth-order valence-corrected chi connectivity index (χ4v) is 2.37. The molecule has 0 atom stereocenters.